The largest absolute Gasteiger partial charge is 0.370 e. The topological polar surface area (TPSA) is 30.3 Å². The van der Waals surface area contributed by atoms with Gasteiger partial charge in [-0.2, -0.15) is 5.26 Å². The second kappa shape index (κ2) is 5.72. The monoisotopic (exact) mass is 303 g/mol. The summed E-state index contributed by atoms with van der Waals surface area (Å²) in [5.41, 5.74) is 4.40. The fraction of sp³-hybridized carbons (Fsp3) is 0.350. The van der Waals surface area contributed by atoms with Crippen molar-refractivity contribution in [2.45, 2.75) is 12.5 Å². The van der Waals surface area contributed by atoms with Crippen LogP contribution in [0.4, 0.5) is 5.69 Å². The van der Waals surface area contributed by atoms with Gasteiger partial charge in [-0.15, -0.1) is 0 Å². The summed E-state index contributed by atoms with van der Waals surface area (Å²) in [5.74, 6) is 0.832. The Kier molecular flexibility index (Phi) is 3.55. The molecule has 116 valence electrons. The Labute approximate surface area is 137 Å². The van der Waals surface area contributed by atoms with E-state index < -0.39 is 0 Å². The highest BCUT2D eigenvalue weighted by molar-refractivity contribution is 5.67. The molecule has 0 saturated carbocycles. The first-order valence-electron chi connectivity index (χ1n) is 8.30. The maximum Gasteiger partial charge on any atom is 0.0991 e. The van der Waals surface area contributed by atoms with E-state index in [1.807, 2.05) is 24.3 Å². The molecule has 2 aromatic carbocycles. The van der Waals surface area contributed by atoms with Gasteiger partial charge in [0, 0.05) is 24.8 Å². The van der Waals surface area contributed by atoms with Gasteiger partial charge in [-0.1, -0.05) is 24.3 Å². The van der Waals surface area contributed by atoms with Crippen LogP contribution in [0.15, 0.2) is 48.5 Å². The van der Waals surface area contributed by atoms with E-state index in [0.717, 1.165) is 24.1 Å². The van der Waals surface area contributed by atoms with Crippen LogP contribution in [0.3, 0.4) is 0 Å². The van der Waals surface area contributed by atoms with Crippen molar-refractivity contribution in [1.82, 2.24) is 4.90 Å². The lowest BCUT2D eigenvalue weighted by Crippen LogP contribution is -2.32. The molecule has 0 amide bonds. The number of nitriles is 1. The summed E-state index contributed by atoms with van der Waals surface area (Å²) < 4.78 is 0. The second-order valence-electron chi connectivity index (χ2n) is 6.74. The number of hydrogen-bond donors (Lipinski definition) is 0. The standard InChI is InChI=1S/C20H21N3/c1-22-11-10-18-13-23(14-20(18)22)19-8-6-17(7-9-19)16-4-2-15(12-21)3-5-16/h2-9,18,20H,10-11,13-14H2,1H3/t18-,20+/m1/s1. The Hall–Kier alpha value is -2.31. The first-order chi connectivity index (χ1) is 11.2. The van der Waals surface area contributed by atoms with Crippen molar-refractivity contribution in [1.29, 1.82) is 5.26 Å². The van der Waals surface area contributed by atoms with E-state index in [1.54, 1.807) is 0 Å². The zero-order valence-corrected chi connectivity index (χ0v) is 13.4. The van der Waals surface area contributed by atoms with Crippen molar-refractivity contribution < 1.29 is 0 Å². The SMILES string of the molecule is CN1CC[C@@H]2CN(c3ccc(-c4ccc(C#N)cc4)cc3)C[C@@H]21. The highest BCUT2D eigenvalue weighted by Gasteiger charge is 2.39. The molecule has 0 unspecified atom stereocenters. The van der Waals surface area contributed by atoms with Gasteiger partial charge in [-0.25, -0.2) is 0 Å². The van der Waals surface area contributed by atoms with Gasteiger partial charge in [0.05, 0.1) is 11.6 Å². The van der Waals surface area contributed by atoms with E-state index in [2.05, 4.69) is 47.2 Å². The van der Waals surface area contributed by atoms with Gasteiger partial charge in [0.25, 0.3) is 0 Å². The van der Waals surface area contributed by atoms with E-state index in [0.29, 0.717) is 5.56 Å². The third-order valence-electron chi connectivity index (χ3n) is 5.41. The van der Waals surface area contributed by atoms with Gasteiger partial charge < -0.3 is 9.80 Å². The molecular formula is C20H21N3. The molecule has 2 fully saturated rings. The molecule has 0 aliphatic carbocycles. The summed E-state index contributed by atoms with van der Waals surface area (Å²) in [5, 5.41) is 8.88. The van der Waals surface area contributed by atoms with Crippen LogP contribution < -0.4 is 4.90 Å². The van der Waals surface area contributed by atoms with Crippen LogP contribution >= 0.6 is 0 Å². The number of fused-ring (bicyclic) bond motifs is 1. The lowest BCUT2D eigenvalue weighted by atomic mass is 10.0. The maximum absolute atomic E-state index is 8.88. The second-order valence-corrected chi connectivity index (χ2v) is 6.74. The smallest absolute Gasteiger partial charge is 0.0991 e. The van der Waals surface area contributed by atoms with E-state index in [9.17, 15) is 0 Å². The van der Waals surface area contributed by atoms with Crippen molar-refractivity contribution >= 4 is 5.69 Å². The summed E-state index contributed by atoms with van der Waals surface area (Å²) in [6.45, 7) is 3.59. The van der Waals surface area contributed by atoms with Crippen LogP contribution in [0, 0.1) is 17.2 Å². The summed E-state index contributed by atoms with van der Waals surface area (Å²) in [7, 11) is 2.25. The highest BCUT2D eigenvalue weighted by atomic mass is 15.3. The first-order valence-corrected chi connectivity index (χ1v) is 8.30. The zero-order valence-electron chi connectivity index (χ0n) is 13.4. The summed E-state index contributed by atoms with van der Waals surface area (Å²) in [4.78, 5) is 5.03. The number of benzene rings is 2. The number of hydrogen-bond acceptors (Lipinski definition) is 3. The Bertz CT molecular complexity index is 727. The van der Waals surface area contributed by atoms with Crippen LogP contribution in [-0.4, -0.2) is 37.6 Å². The first kappa shape index (κ1) is 14.3. The predicted molar refractivity (Wildman–Crippen MR) is 93.3 cm³/mol. The molecule has 2 aliphatic heterocycles. The molecule has 2 aliphatic rings. The van der Waals surface area contributed by atoms with Gasteiger partial charge >= 0.3 is 0 Å². The number of nitrogens with zero attached hydrogens (tertiary/aromatic N) is 3. The van der Waals surface area contributed by atoms with E-state index in [-0.39, 0.29) is 0 Å². The predicted octanol–water partition coefficient (Wildman–Crippen LogP) is 3.37. The molecule has 3 nitrogen and oxygen atoms in total. The molecule has 23 heavy (non-hydrogen) atoms. The molecule has 0 spiro atoms. The molecule has 4 rings (SSSR count). The number of likely N-dealkylation sites (N-methyl/N-ethyl adjacent to an activating group) is 1. The lowest BCUT2D eigenvalue weighted by Gasteiger charge is -2.22. The van der Waals surface area contributed by atoms with Gasteiger partial charge in [-0.05, 0) is 61.3 Å². The van der Waals surface area contributed by atoms with Gasteiger partial charge in [-0.3, -0.25) is 0 Å². The summed E-state index contributed by atoms with van der Waals surface area (Å²) >= 11 is 0. The van der Waals surface area contributed by atoms with Crippen LogP contribution in [0.2, 0.25) is 0 Å². The Balaban J connectivity index is 1.51. The maximum atomic E-state index is 8.88. The van der Waals surface area contributed by atoms with Crippen molar-refractivity contribution in [3.8, 4) is 17.2 Å². The van der Waals surface area contributed by atoms with Crippen molar-refractivity contribution in [2.24, 2.45) is 5.92 Å². The van der Waals surface area contributed by atoms with E-state index in [1.165, 1.54) is 30.8 Å². The average molecular weight is 303 g/mol. The molecule has 0 bridgehead atoms. The molecule has 2 atom stereocenters. The minimum Gasteiger partial charge on any atom is -0.370 e. The minimum absolute atomic E-state index is 0.707. The lowest BCUT2D eigenvalue weighted by molar-refractivity contribution is 0.310. The van der Waals surface area contributed by atoms with Gasteiger partial charge in [0.2, 0.25) is 0 Å². The Morgan fingerprint density at radius 1 is 0.957 bits per heavy atom. The molecule has 0 N–H and O–H groups in total. The zero-order chi connectivity index (χ0) is 15.8. The van der Waals surface area contributed by atoms with E-state index >= 15 is 0 Å². The fourth-order valence-electron chi connectivity index (χ4n) is 3.99. The van der Waals surface area contributed by atoms with Crippen LogP contribution in [0.1, 0.15) is 12.0 Å². The van der Waals surface area contributed by atoms with Gasteiger partial charge in [0.15, 0.2) is 0 Å². The fourth-order valence-corrected chi connectivity index (χ4v) is 3.99. The Morgan fingerprint density at radius 2 is 1.61 bits per heavy atom. The van der Waals surface area contributed by atoms with Crippen molar-refractivity contribution in [3.63, 3.8) is 0 Å². The number of likely N-dealkylation sites (tertiary alicyclic amines) is 1. The van der Waals surface area contributed by atoms with Crippen LogP contribution in [0.5, 0.6) is 0 Å². The molecule has 3 heteroatoms. The Morgan fingerprint density at radius 3 is 2.22 bits per heavy atom. The molecule has 2 aromatic rings. The number of anilines is 1. The molecular weight excluding hydrogens is 282 g/mol. The third kappa shape index (κ3) is 2.60. The summed E-state index contributed by atoms with van der Waals surface area (Å²) in [6.07, 6.45) is 1.33. The highest BCUT2D eigenvalue weighted by Crippen LogP contribution is 2.33. The van der Waals surface area contributed by atoms with Crippen molar-refractivity contribution in [2.75, 3.05) is 31.6 Å². The molecule has 2 saturated heterocycles. The van der Waals surface area contributed by atoms with Gasteiger partial charge in [0.1, 0.15) is 0 Å². The van der Waals surface area contributed by atoms with E-state index in [4.69, 9.17) is 5.26 Å². The summed E-state index contributed by atoms with van der Waals surface area (Å²) in [6, 6.07) is 19.5. The molecule has 0 radical (unpaired) electrons. The third-order valence-corrected chi connectivity index (χ3v) is 5.41. The molecule has 0 aromatic heterocycles. The normalized spacial score (nSPS) is 23.7. The van der Waals surface area contributed by atoms with Crippen molar-refractivity contribution in [3.05, 3.63) is 54.1 Å². The molecule has 2 heterocycles. The minimum atomic E-state index is 0.707. The average Bonchev–Trinajstić information content (AvgIpc) is 3.18. The number of rotatable bonds is 2. The van der Waals surface area contributed by atoms with Crippen LogP contribution in [0.25, 0.3) is 11.1 Å². The quantitative estimate of drug-likeness (QED) is 0.852. The van der Waals surface area contributed by atoms with Crippen LogP contribution in [-0.2, 0) is 0 Å².